The molecule has 114 valence electrons. The first-order valence-corrected chi connectivity index (χ1v) is 7.45. The van der Waals surface area contributed by atoms with E-state index in [-0.39, 0.29) is 11.9 Å². The molecule has 1 aliphatic heterocycles. The van der Waals surface area contributed by atoms with E-state index in [1.54, 1.807) is 4.90 Å². The van der Waals surface area contributed by atoms with Gasteiger partial charge in [0, 0.05) is 39.1 Å². The fraction of sp³-hybridized carbons (Fsp3) is 0.500. The second-order valence-electron chi connectivity index (χ2n) is 5.43. The van der Waals surface area contributed by atoms with Crippen LogP contribution in [0.4, 0.5) is 0 Å². The molecule has 1 unspecified atom stereocenters. The molecule has 1 atom stereocenters. The van der Waals surface area contributed by atoms with Crippen molar-refractivity contribution in [2.24, 2.45) is 0 Å². The van der Waals surface area contributed by atoms with E-state index in [1.807, 2.05) is 37.3 Å². The Kier molecular flexibility index (Phi) is 5.75. The molecule has 0 aliphatic carbocycles. The Morgan fingerprint density at radius 1 is 1.24 bits per heavy atom. The number of nitrogens with one attached hydrogen (secondary N) is 1. The van der Waals surface area contributed by atoms with Gasteiger partial charge in [-0.15, -0.1) is 0 Å². The smallest absolute Gasteiger partial charge is 0.221 e. The number of carbonyl (C=O) groups excluding carboxylic acids is 2. The summed E-state index contributed by atoms with van der Waals surface area (Å²) in [6, 6.07) is 9.99. The van der Waals surface area contributed by atoms with Crippen LogP contribution < -0.4 is 5.32 Å². The van der Waals surface area contributed by atoms with E-state index < -0.39 is 0 Å². The van der Waals surface area contributed by atoms with Gasteiger partial charge in [-0.25, -0.2) is 0 Å². The first-order valence-electron chi connectivity index (χ1n) is 7.45. The van der Waals surface area contributed by atoms with Crippen LogP contribution in [0.2, 0.25) is 0 Å². The third-order valence-corrected chi connectivity index (χ3v) is 3.89. The standard InChI is InChI=1S/C16H23N3O2/c1-14(15-5-3-2-4-6-15)17-16(21)7-8-18-9-11-19(13-20)12-10-18/h2-6,13-14H,7-12H2,1H3,(H,17,21). The summed E-state index contributed by atoms with van der Waals surface area (Å²) in [5.41, 5.74) is 1.12. The number of rotatable bonds is 6. The van der Waals surface area contributed by atoms with Crippen molar-refractivity contribution in [1.29, 1.82) is 0 Å². The molecule has 0 bridgehead atoms. The van der Waals surface area contributed by atoms with Gasteiger partial charge in [0.2, 0.25) is 12.3 Å². The molecule has 1 aromatic rings. The molecule has 1 aliphatic rings. The van der Waals surface area contributed by atoms with Gasteiger partial charge < -0.3 is 10.2 Å². The highest BCUT2D eigenvalue weighted by Gasteiger charge is 2.16. The van der Waals surface area contributed by atoms with Gasteiger partial charge in [0.15, 0.2) is 0 Å². The summed E-state index contributed by atoms with van der Waals surface area (Å²) >= 11 is 0. The summed E-state index contributed by atoms with van der Waals surface area (Å²) in [6.07, 6.45) is 1.39. The van der Waals surface area contributed by atoms with Crippen LogP contribution in [0.25, 0.3) is 0 Å². The summed E-state index contributed by atoms with van der Waals surface area (Å²) in [7, 11) is 0. The van der Waals surface area contributed by atoms with Crippen LogP contribution in [0.1, 0.15) is 24.9 Å². The van der Waals surface area contributed by atoms with Crippen molar-refractivity contribution in [3.05, 3.63) is 35.9 Å². The minimum absolute atomic E-state index is 0.0330. The van der Waals surface area contributed by atoms with Crippen LogP contribution in [0.5, 0.6) is 0 Å². The number of benzene rings is 1. The molecule has 0 saturated carbocycles. The number of hydrogen-bond acceptors (Lipinski definition) is 3. The van der Waals surface area contributed by atoms with Crippen molar-refractivity contribution < 1.29 is 9.59 Å². The molecule has 1 heterocycles. The lowest BCUT2D eigenvalue weighted by molar-refractivity contribution is -0.123. The first-order chi connectivity index (χ1) is 10.2. The van der Waals surface area contributed by atoms with E-state index >= 15 is 0 Å². The molecular weight excluding hydrogens is 266 g/mol. The van der Waals surface area contributed by atoms with Crippen LogP contribution in [-0.4, -0.2) is 54.8 Å². The average Bonchev–Trinajstić information content (AvgIpc) is 2.54. The van der Waals surface area contributed by atoms with Crippen molar-refractivity contribution in [2.45, 2.75) is 19.4 Å². The minimum Gasteiger partial charge on any atom is -0.350 e. The lowest BCUT2D eigenvalue weighted by atomic mass is 10.1. The Morgan fingerprint density at radius 2 is 1.90 bits per heavy atom. The summed E-state index contributed by atoms with van der Waals surface area (Å²) < 4.78 is 0. The maximum absolute atomic E-state index is 12.0. The molecule has 1 aromatic carbocycles. The van der Waals surface area contributed by atoms with E-state index in [4.69, 9.17) is 0 Å². The van der Waals surface area contributed by atoms with Crippen LogP contribution in [0.15, 0.2) is 30.3 Å². The Bertz CT molecular complexity index is 456. The quantitative estimate of drug-likeness (QED) is 0.796. The monoisotopic (exact) mass is 289 g/mol. The highest BCUT2D eigenvalue weighted by molar-refractivity contribution is 5.76. The maximum atomic E-state index is 12.0. The van der Waals surface area contributed by atoms with Crippen LogP contribution in [0.3, 0.4) is 0 Å². The maximum Gasteiger partial charge on any atom is 0.221 e. The Balaban J connectivity index is 1.69. The first kappa shape index (κ1) is 15.5. The number of amides is 2. The molecule has 1 fully saturated rings. The fourth-order valence-electron chi connectivity index (χ4n) is 2.49. The zero-order valence-corrected chi connectivity index (χ0v) is 12.5. The van der Waals surface area contributed by atoms with Gasteiger partial charge in [0.1, 0.15) is 0 Å². The predicted octanol–water partition coefficient (Wildman–Crippen LogP) is 1.03. The van der Waals surface area contributed by atoms with Crippen LogP contribution >= 0.6 is 0 Å². The van der Waals surface area contributed by atoms with Gasteiger partial charge in [-0.05, 0) is 12.5 Å². The summed E-state index contributed by atoms with van der Waals surface area (Å²) in [5.74, 6) is 0.0733. The normalized spacial score (nSPS) is 17.3. The lowest BCUT2D eigenvalue weighted by Gasteiger charge is -2.32. The molecule has 0 radical (unpaired) electrons. The molecule has 5 heteroatoms. The molecule has 1 N–H and O–H groups in total. The number of hydrogen-bond donors (Lipinski definition) is 1. The molecular formula is C16H23N3O2. The van der Waals surface area contributed by atoms with Gasteiger partial charge >= 0.3 is 0 Å². The largest absolute Gasteiger partial charge is 0.350 e. The zero-order chi connectivity index (χ0) is 15.1. The molecule has 0 spiro atoms. The van der Waals surface area contributed by atoms with Crippen molar-refractivity contribution in [3.8, 4) is 0 Å². The van der Waals surface area contributed by atoms with E-state index in [9.17, 15) is 9.59 Å². The third-order valence-electron chi connectivity index (χ3n) is 3.89. The van der Waals surface area contributed by atoms with Crippen molar-refractivity contribution in [1.82, 2.24) is 15.1 Å². The van der Waals surface area contributed by atoms with Crippen LogP contribution in [-0.2, 0) is 9.59 Å². The number of nitrogens with zero attached hydrogens (tertiary/aromatic N) is 2. The molecule has 5 nitrogen and oxygen atoms in total. The van der Waals surface area contributed by atoms with E-state index in [2.05, 4.69) is 10.2 Å². The van der Waals surface area contributed by atoms with Crippen molar-refractivity contribution in [3.63, 3.8) is 0 Å². The third kappa shape index (κ3) is 4.86. The van der Waals surface area contributed by atoms with E-state index in [0.29, 0.717) is 6.42 Å². The van der Waals surface area contributed by atoms with Crippen molar-refractivity contribution >= 4 is 12.3 Å². The van der Waals surface area contributed by atoms with Crippen LogP contribution in [0, 0.1) is 0 Å². The molecule has 2 rings (SSSR count). The Morgan fingerprint density at radius 3 is 2.52 bits per heavy atom. The highest BCUT2D eigenvalue weighted by atomic mass is 16.1. The molecule has 21 heavy (non-hydrogen) atoms. The number of piperazine rings is 1. The van der Waals surface area contributed by atoms with Gasteiger partial charge in [0.25, 0.3) is 0 Å². The second kappa shape index (κ2) is 7.78. The van der Waals surface area contributed by atoms with Gasteiger partial charge in [0.05, 0.1) is 6.04 Å². The van der Waals surface area contributed by atoms with E-state index in [1.165, 1.54) is 0 Å². The fourth-order valence-corrected chi connectivity index (χ4v) is 2.49. The molecule has 0 aromatic heterocycles. The Labute approximate surface area is 125 Å². The van der Waals surface area contributed by atoms with Gasteiger partial charge in [-0.2, -0.15) is 0 Å². The number of carbonyl (C=O) groups is 2. The zero-order valence-electron chi connectivity index (χ0n) is 12.5. The van der Waals surface area contributed by atoms with E-state index in [0.717, 1.165) is 44.7 Å². The summed E-state index contributed by atoms with van der Waals surface area (Å²) in [4.78, 5) is 26.6. The predicted molar refractivity (Wildman–Crippen MR) is 81.7 cm³/mol. The summed E-state index contributed by atoms with van der Waals surface area (Å²) in [5, 5.41) is 3.02. The van der Waals surface area contributed by atoms with Gasteiger partial charge in [-0.3, -0.25) is 14.5 Å². The topological polar surface area (TPSA) is 52.7 Å². The van der Waals surface area contributed by atoms with Gasteiger partial charge in [-0.1, -0.05) is 30.3 Å². The molecule has 2 amide bonds. The van der Waals surface area contributed by atoms with Crippen molar-refractivity contribution in [2.75, 3.05) is 32.7 Å². The highest BCUT2D eigenvalue weighted by Crippen LogP contribution is 2.11. The summed E-state index contributed by atoms with van der Waals surface area (Å²) in [6.45, 7) is 5.95. The molecule has 1 saturated heterocycles. The lowest BCUT2D eigenvalue weighted by Crippen LogP contribution is -2.46. The average molecular weight is 289 g/mol. The Hall–Kier alpha value is -1.88. The second-order valence-corrected chi connectivity index (χ2v) is 5.43. The minimum atomic E-state index is 0.0330. The SMILES string of the molecule is CC(NC(=O)CCN1CCN(C=O)CC1)c1ccccc1.